The molecule has 1 fully saturated rings. The van der Waals surface area contributed by atoms with Crippen LogP contribution in [0.3, 0.4) is 0 Å². The number of carboxylic acid groups (broad SMARTS) is 1. The van der Waals surface area contributed by atoms with E-state index in [1.54, 1.807) is 4.90 Å². The van der Waals surface area contributed by atoms with Gasteiger partial charge < -0.3 is 10.0 Å². The molecule has 0 aromatic carbocycles. The van der Waals surface area contributed by atoms with E-state index in [0.29, 0.717) is 13.0 Å². The molecule has 1 amide bonds. The minimum Gasteiger partial charge on any atom is -0.478 e. The number of carboxylic acids is 1. The summed E-state index contributed by atoms with van der Waals surface area (Å²) in [6.07, 6.45) is 5.15. The molecular formula is C9H13NO3. The van der Waals surface area contributed by atoms with Gasteiger partial charge in [-0.3, -0.25) is 4.79 Å². The van der Waals surface area contributed by atoms with Gasteiger partial charge in [-0.1, -0.05) is 6.08 Å². The normalized spacial score (nSPS) is 18.2. The van der Waals surface area contributed by atoms with E-state index in [0.717, 1.165) is 25.5 Å². The second-order valence-corrected chi connectivity index (χ2v) is 3.04. The highest BCUT2D eigenvalue weighted by Crippen LogP contribution is 2.09. The first kappa shape index (κ1) is 9.77. The minimum absolute atomic E-state index is 0.126. The third-order valence-corrected chi connectivity index (χ3v) is 2.01. The molecule has 13 heavy (non-hydrogen) atoms. The molecule has 1 saturated heterocycles. The molecule has 0 atom stereocenters. The van der Waals surface area contributed by atoms with Crippen molar-refractivity contribution in [3.05, 3.63) is 12.2 Å². The van der Waals surface area contributed by atoms with Crippen molar-refractivity contribution >= 4 is 11.9 Å². The maximum absolute atomic E-state index is 11.2. The van der Waals surface area contributed by atoms with E-state index in [9.17, 15) is 9.59 Å². The van der Waals surface area contributed by atoms with Gasteiger partial charge in [0.05, 0.1) is 0 Å². The predicted octanol–water partition coefficient (Wildman–Crippen LogP) is 0.640. The van der Waals surface area contributed by atoms with Crippen molar-refractivity contribution in [2.45, 2.75) is 19.3 Å². The predicted molar refractivity (Wildman–Crippen MR) is 47.2 cm³/mol. The standard InChI is InChI=1S/C9H13NO3/c11-8-4-1-2-6-10(8)7-3-5-9(12)13/h3,5H,1-2,4,6-7H2,(H,12,13)/b5-3+. The summed E-state index contributed by atoms with van der Waals surface area (Å²) in [7, 11) is 0. The molecule has 0 radical (unpaired) electrons. The zero-order chi connectivity index (χ0) is 9.68. The molecule has 0 aromatic rings. The van der Waals surface area contributed by atoms with Gasteiger partial charge in [-0.25, -0.2) is 4.79 Å². The highest BCUT2D eigenvalue weighted by atomic mass is 16.4. The summed E-state index contributed by atoms with van der Waals surface area (Å²) in [6, 6.07) is 0. The zero-order valence-electron chi connectivity index (χ0n) is 7.40. The minimum atomic E-state index is -0.968. The summed E-state index contributed by atoms with van der Waals surface area (Å²) in [4.78, 5) is 23.0. The molecule has 0 spiro atoms. The number of likely N-dealkylation sites (tertiary alicyclic amines) is 1. The second-order valence-electron chi connectivity index (χ2n) is 3.04. The number of piperidine rings is 1. The van der Waals surface area contributed by atoms with Gasteiger partial charge >= 0.3 is 5.97 Å². The van der Waals surface area contributed by atoms with Crippen molar-refractivity contribution in [3.8, 4) is 0 Å². The molecule has 1 rings (SSSR count). The van der Waals surface area contributed by atoms with Crippen LogP contribution in [0.1, 0.15) is 19.3 Å². The fraction of sp³-hybridized carbons (Fsp3) is 0.556. The van der Waals surface area contributed by atoms with Crippen molar-refractivity contribution in [2.75, 3.05) is 13.1 Å². The Hall–Kier alpha value is -1.32. The average Bonchev–Trinajstić information content (AvgIpc) is 2.08. The third-order valence-electron chi connectivity index (χ3n) is 2.01. The number of rotatable bonds is 3. The smallest absolute Gasteiger partial charge is 0.328 e. The summed E-state index contributed by atoms with van der Waals surface area (Å²) in [5.41, 5.74) is 0. The SMILES string of the molecule is O=C(O)/C=C/CN1CCCCC1=O. The fourth-order valence-corrected chi connectivity index (χ4v) is 1.34. The highest BCUT2D eigenvalue weighted by molar-refractivity contribution is 5.80. The lowest BCUT2D eigenvalue weighted by Crippen LogP contribution is -2.35. The Balaban J connectivity index is 2.34. The Labute approximate surface area is 76.8 Å². The monoisotopic (exact) mass is 183 g/mol. The number of hydrogen-bond donors (Lipinski definition) is 1. The van der Waals surface area contributed by atoms with Crippen molar-refractivity contribution in [1.82, 2.24) is 4.90 Å². The molecule has 4 nitrogen and oxygen atoms in total. The summed E-state index contributed by atoms with van der Waals surface area (Å²) >= 11 is 0. The van der Waals surface area contributed by atoms with Crippen LogP contribution < -0.4 is 0 Å². The van der Waals surface area contributed by atoms with E-state index in [4.69, 9.17) is 5.11 Å². The van der Waals surface area contributed by atoms with E-state index in [2.05, 4.69) is 0 Å². The Bertz CT molecular complexity index is 235. The number of hydrogen-bond acceptors (Lipinski definition) is 2. The van der Waals surface area contributed by atoms with E-state index in [1.165, 1.54) is 6.08 Å². The van der Waals surface area contributed by atoms with Gasteiger partial charge in [0.1, 0.15) is 0 Å². The van der Waals surface area contributed by atoms with E-state index in [-0.39, 0.29) is 5.91 Å². The van der Waals surface area contributed by atoms with Crippen molar-refractivity contribution in [1.29, 1.82) is 0 Å². The molecule has 0 saturated carbocycles. The largest absolute Gasteiger partial charge is 0.478 e. The summed E-state index contributed by atoms with van der Waals surface area (Å²) < 4.78 is 0. The lowest BCUT2D eigenvalue weighted by molar-refractivity contribution is -0.133. The lowest BCUT2D eigenvalue weighted by Gasteiger charge is -2.25. The molecule has 72 valence electrons. The van der Waals surface area contributed by atoms with Gasteiger partial charge in [0.25, 0.3) is 0 Å². The number of nitrogens with zero attached hydrogens (tertiary/aromatic N) is 1. The van der Waals surface area contributed by atoms with Crippen LogP contribution in [0.5, 0.6) is 0 Å². The molecule has 1 N–H and O–H groups in total. The first-order valence-corrected chi connectivity index (χ1v) is 4.37. The molecule has 4 heteroatoms. The Morgan fingerprint density at radius 2 is 2.31 bits per heavy atom. The van der Waals surface area contributed by atoms with E-state index < -0.39 is 5.97 Å². The Morgan fingerprint density at radius 1 is 1.54 bits per heavy atom. The Kier molecular flexibility index (Phi) is 3.49. The van der Waals surface area contributed by atoms with Crippen LogP contribution in [0.2, 0.25) is 0 Å². The molecule has 0 bridgehead atoms. The van der Waals surface area contributed by atoms with Crippen molar-refractivity contribution in [2.24, 2.45) is 0 Å². The molecular weight excluding hydrogens is 170 g/mol. The van der Waals surface area contributed by atoms with Gasteiger partial charge in [0.2, 0.25) is 5.91 Å². The number of aliphatic carboxylic acids is 1. The average molecular weight is 183 g/mol. The van der Waals surface area contributed by atoms with Crippen LogP contribution in [0.25, 0.3) is 0 Å². The van der Waals surface area contributed by atoms with Crippen LogP contribution in [0.4, 0.5) is 0 Å². The highest BCUT2D eigenvalue weighted by Gasteiger charge is 2.15. The maximum atomic E-state index is 11.2. The van der Waals surface area contributed by atoms with Crippen LogP contribution in [-0.4, -0.2) is 35.0 Å². The summed E-state index contributed by atoms with van der Waals surface area (Å²) in [6.45, 7) is 1.17. The van der Waals surface area contributed by atoms with Crippen LogP contribution in [0.15, 0.2) is 12.2 Å². The van der Waals surface area contributed by atoms with Gasteiger partial charge in [0, 0.05) is 25.6 Å². The third kappa shape index (κ3) is 3.27. The molecule has 0 aliphatic carbocycles. The molecule has 0 unspecified atom stereocenters. The van der Waals surface area contributed by atoms with E-state index in [1.807, 2.05) is 0 Å². The second kappa shape index (κ2) is 4.64. The maximum Gasteiger partial charge on any atom is 0.328 e. The van der Waals surface area contributed by atoms with Gasteiger partial charge in [0.15, 0.2) is 0 Å². The van der Waals surface area contributed by atoms with Crippen LogP contribution >= 0.6 is 0 Å². The molecule has 0 aromatic heterocycles. The van der Waals surface area contributed by atoms with Crippen LogP contribution in [0, 0.1) is 0 Å². The number of carbonyl (C=O) groups excluding carboxylic acids is 1. The first-order valence-electron chi connectivity index (χ1n) is 4.37. The molecule has 1 aliphatic rings. The number of amides is 1. The van der Waals surface area contributed by atoms with Gasteiger partial charge in [-0.05, 0) is 12.8 Å². The van der Waals surface area contributed by atoms with E-state index >= 15 is 0 Å². The summed E-state index contributed by atoms with van der Waals surface area (Å²) in [5, 5.41) is 8.32. The first-order chi connectivity index (χ1) is 6.20. The fourth-order valence-electron chi connectivity index (χ4n) is 1.34. The number of carbonyl (C=O) groups is 2. The topological polar surface area (TPSA) is 57.6 Å². The summed E-state index contributed by atoms with van der Waals surface area (Å²) in [5.74, 6) is -0.842. The lowest BCUT2D eigenvalue weighted by atomic mass is 10.1. The molecule has 1 aliphatic heterocycles. The quantitative estimate of drug-likeness (QED) is 0.653. The van der Waals surface area contributed by atoms with Gasteiger partial charge in [-0.15, -0.1) is 0 Å². The van der Waals surface area contributed by atoms with Crippen LogP contribution in [-0.2, 0) is 9.59 Å². The van der Waals surface area contributed by atoms with Crippen molar-refractivity contribution in [3.63, 3.8) is 0 Å². The zero-order valence-corrected chi connectivity index (χ0v) is 7.40. The van der Waals surface area contributed by atoms with Gasteiger partial charge in [-0.2, -0.15) is 0 Å². The molecule has 1 heterocycles. The Morgan fingerprint density at radius 3 is 2.92 bits per heavy atom. The van der Waals surface area contributed by atoms with Crippen molar-refractivity contribution < 1.29 is 14.7 Å².